The van der Waals surface area contributed by atoms with Crippen LogP contribution in [0.3, 0.4) is 0 Å². The van der Waals surface area contributed by atoms with Crippen molar-refractivity contribution in [3.05, 3.63) is 269 Å². The van der Waals surface area contributed by atoms with Gasteiger partial charge in [-0.1, -0.05) is 163 Å². The highest BCUT2D eigenvalue weighted by molar-refractivity contribution is 6.34. The van der Waals surface area contributed by atoms with E-state index in [1.807, 2.05) is 162 Å². The van der Waals surface area contributed by atoms with Gasteiger partial charge in [-0.2, -0.15) is 19.9 Å². The average molecular weight is 1660 g/mol. The van der Waals surface area contributed by atoms with Crippen LogP contribution in [0.1, 0.15) is 75.4 Å². The number of ether oxygens (including phenoxy) is 4. The molecule has 8 aromatic heterocycles. The zero-order chi connectivity index (χ0) is 81.9. The van der Waals surface area contributed by atoms with Gasteiger partial charge in [0.1, 0.15) is 29.6 Å². The van der Waals surface area contributed by atoms with Gasteiger partial charge in [0.2, 0.25) is 39.3 Å². The second-order valence-corrected chi connectivity index (χ2v) is 28.5. The maximum atomic E-state index is 13.0. The third kappa shape index (κ3) is 20.0. The number of fused-ring (bicyclic) bond motifs is 4. The van der Waals surface area contributed by atoms with E-state index in [-0.39, 0.29) is 85.5 Å². The van der Waals surface area contributed by atoms with Crippen LogP contribution in [0.4, 0.5) is 28.7 Å². The summed E-state index contributed by atoms with van der Waals surface area (Å²) in [5.74, 6) is 1.04. The summed E-state index contributed by atoms with van der Waals surface area (Å²) in [6.07, 6.45) is 20.0. The quantitative estimate of drug-likeness (QED) is 0.0292. The van der Waals surface area contributed by atoms with E-state index in [9.17, 15) is 35.1 Å². The molecular formula is C82H79Cl3N22O11. The Morgan fingerprint density at radius 1 is 0.475 bits per heavy atom. The highest BCUT2D eigenvalue weighted by atomic mass is 35.5. The van der Waals surface area contributed by atoms with Crippen LogP contribution in [-0.4, -0.2) is 164 Å². The number of imidazole rings is 4. The standard InChI is InChI=1S/C23H20N6O2.C22H20N6O3.C15H17ClN4O3.C10H5Cl2N3O2.C7H6N2.C5H11NO/c30-23-26-20-19(15-6-2-1-3-7-15)25-22(28-14-24-17-8-4-5-9-18(17)28)27-21(20)29(23)16-10-12-31-13-11-16;29-28(30)20-19(15-6-2-1-3-7-15)25-22(26-21(20)24-16-10-12-31-13-11-16)27-14-23-17-8-4-5-9-18(17)27;16-15-18-12(10-4-2-1-3-5-10)13(20(21)22)14(19-15)17-11-6-8-23-9-7-11;11-9-8(15(16)17)7(13-10(12)14-9)6-4-2-1-3-5-6;1-2-4-7-6(3-1)8-5-9-7;6-5-1-3-7-4-2-5/h1-9,14,16H,10-13H2,(H,26,30);1-9,14,16H,10-13H2,(H,24,25,26);1-4,10-11H,5-9H2,(H,17,18,19);1-5H;1-5H,(H,8,9);5H,1-4,6H2. The lowest BCUT2D eigenvalue weighted by Gasteiger charge is -2.24. The number of benzene rings is 6. The Kier molecular flexibility index (Phi) is 27.2. The minimum atomic E-state index is -0.624. The molecule has 604 valence electrons. The average Bonchev–Trinajstić information content (AvgIpc) is 1.59. The zero-order valence-corrected chi connectivity index (χ0v) is 65.6. The molecule has 4 saturated heterocycles. The molecule has 5 aliphatic rings. The van der Waals surface area contributed by atoms with E-state index in [0.717, 1.165) is 103 Å². The maximum absolute atomic E-state index is 13.0. The van der Waals surface area contributed by atoms with Gasteiger partial charge < -0.3 is 45.3 Å². The Bertz CT molecular complexity index is 5900. The lowest BCUT2D eigenvalue weighted by atomic mass is 9.96. The molecule has 33 nitrogen and oxygen atoms in total. The summed E-state index contributed by atoms with van der Waals surface area (Å²) in [4.78, 5) is 99.7. The van der Waals surface area contributed by atoms with Crippen LogP contribution in [0.25, 0.3) is 89.9 Å². The first-order chi connectivity index (χ1) is 57.6. The molecule has 0 amide bonds. The van der Waals surface area contributed by atoms with Crippen molar-refractivity contribution in [3.63, 3.8) is 0 Å². The smallest absolute Gasteiger partial charge is 0.337 e. The highest BCUT2D eigenvalue weighted by Gasteiger charge is 2.33. The fourth-order valence-corrected chi connectivity index (χ4v) is 14.5. The molecule has 19 rings (SSSR count). The number of anilines is 2. The summed E-state index contributed by atoms with van der Waals surface area (Å²) in [6.45, 7) is 5.49. The minimum Gasteiger partial charge on any atom is -0.381 e. The predicted octanol–water partition coefficient (Wildman–Crippen LogP) is 15.7. The van der Waals surface area contributed by atoms with Gasteiger partial charge in [0.05, 0.1) is 54.2 Å². The SMILES string of the molecule is NC1CCOCC1.O=[N+]([O-])c1c(Cl)nc(Cl)nc1-c1ccccc1.O=[N+]([O-])c1c(NC2CCOCC2)nc(-n2cnc3ccccc32)nc1-c1ccccc1.O=[N+]([O-])c1c(NC2CCOCC2)nc(Cl)nc1C1C=CC=CC1.O=c1[nH]c2c(-c3ccccc3)nc(-n3cnc4ccccc43)nc2n1C1CCOCC1.c1ccc2[nH]cnc2c1. The number of hydrogen-bond donors (Lipinski definition) is 5. The third-order valence-electron chi connectivity index (χ3n) is 19.8. The van der Waals surface area contributed by atoms with Crippen molar-refractivity contribution in [2.24, 2.45) is 5.73 Å². The van der Waals surface area contributed by atoms with Crippen molar-refractivity contribution >= 4 is 108 Å². The van der Waals surface area contributed by atoms with Crippen LogP contribution in [0, 0.1) is 30.3 Å². The van der Waals surface area contributed by atoms with E-state index in [0.29, 0.717) is 97.7 Å². The number of nitrogens with zero attached hydrogens (tertiary/aromatic N) is 17. The summed E-state index contributed by atoms with van der Waals surface area (Å²) in [6, 6.07) is 51.7. The lowest BCUT2D eigenvalue weighted by molar-refractivity contribution is -0.385. The van der Waals surface area contributed by atoms with Crippen molar-refractivity contribution in [1.29, 1.82) is 0 Å². The van der Waals surface area contributed by atoms with Gasteiger partial charge in [0, 0.05) is 99.6 Å². The second kappa shape index (κ2) is 39.3. The first kappa shape index (κ1) is 81.8. The summed E-state index contributed by atoms with van der Waals surface area (Å²) in [5, 5.41) is 40.7. The van der Waals surface area contributed by atoms with Gasteiger partial charge in [0.25, 0.3) is 0 Å². The molecule has 6 N–H and O–H groups in total. The number of para-hydroxylation sites is 6. The van der Waals surface area contributed by atoms with Gasteiger partial charge in [-0.15, -0.1) is 0 Å². The molecule has 1 atom stereocenters. The molecule has 1 unspecified atom stereocenters. The van der Waals surface area contributed by atoms with E-state index in [1.54, 1.807) is 58.4 Å². The molecule has 0 saturated carbocycles. The van der Waals surface area contributed by atoms with Gasteiger partial charge in [-0.05, 0) is 117 Å². The number of nitrogens with one attached hydrogen (secondary N) is 4. The molecule has 1 aliphatic carbocycles. The molecule has 14 aromatic rings. The first-order valence-electron chi connectivity index (χ1n) is 38.1. The third-order valence-corrected chi connectivity index (χ3v) is 20.4. The topological polar surface area (TPSA) is 422 Å². The van der Waals surface area contributed by atoms with Gasteiger partial charge in [-0.25, -0.2) is 39.7 Å². The molecule has 6 aromatic carbocycles. The Hall–Kier alpha value is -12.7. The molecule has 4 fully saturated rings. The lowest BCUT2D eigenvalue weighted by Crippen LogP contribution is -2.29. The molecule has 4 aliphatic heterocycles. The Morgan fingerprint density at radius 3 is 1.46 bits per heavy atom. The van der Waals surface area contributed by atoms with Crippen LogP contribution in [0.5, 0.6) is 0 Å². The summed E-state index contributed by atoms with van der Waals surface area (Å²) in [7, 11) is 0. The second-order valence-electron chi connectivity index (χ2n) is 27.5. The first-order valence-corrected chi connectivity index (χ1v) is 39.2. The van der Waals surface area contributed by atoms with E-state index >= 15 is 0 Å². The van der Waals surface area contributed by atoms with Crippen molar-refractivity contribution < 1.29 is 33.7 Å². The Balaban J connectivity index is 0.000000123. The fourth-order valence-electron chi connectivity index (χ4n) is 13.8. The largest absolute Gasteiger partial charge is 0.381 e. The Morgan fingerprint density at radius 2 is 0.941 bits per heavy atom. The van der Waals surface area contributed by atoms with Crippen LogP contribution in [-0.2, 0) is 18.9 Å². The number of nitrogens with two attached hydrogens (primary N) is 1. The summed E-state index contributed by atoms with van der Waals surface area (Å²) in [5.41, 5.74) is 15.2. The molecule has 118 heavy (non-hydrogen) atoms. The van der Waals surface area contributed by atoms with E-state index in [4.69, 9.17) is 69.5 Å². The number of hydrogen-bond acceptors (Lipinski definition) is 25. The number of aromatic nitrogens is 16. The van der Waals surface area contributed by atoms with Crippen LogP contribution < -0.4 is 22.1 Å². The van der Waals surface area contributed by atoms with Crippen LogP contribution in [0.2, 0.25) is 15.7 Å². The number of halogens is 3. The number of H-pyrrole nitrogens is 2. The fraction of sp³-hybridized carbons (Fsp3) is 0.268. The van der Waals surface area contributed by atoms with Crippen molar-refractivity contribution in [1.82, 2.24) is 78.5 Å². The van der Waals surface area contributed by atoms with Crippen LogP contribution >= 0.6 is 34.8 Å². The minimum absolute atomic E-state index is 0.0168. The zero-order valence-electron chi connectivity index (χ0n) is 63.3. The van der Waals surface area contributed by atoms with E-state index < -0.39 is 14.8 Å². The predicted molar refractivity (Wildman–Crippen MR) is 449 cm³/mol. The van der Waals surface area contributed by atoms with Crippen molar-refractivity contribution in [2.45, 2.75) is 87.9 Å². The monoisotopic (exact) mass is 1650 g/mol. The molecule has 0 spiro atoms. The van der Waals surface area contributed by atoms with Gasteiger partial charge in [-0.3, -0.25) is 44.0 Å². The van der Waals surface area contributed by atoms with Crippen LogP contribution in [0.15, 0.2) is 212 Å². The van der Waals surface area contributed by atoms with Crippen molar-refractivity contribution in [2.75, 3.05) is 63.5 Å². The van der Waals surface area contributed by atoms with Crippen molar-refractivity contribution in [3.8, 4) is 45.7 Å². The molecule has 0 radical (unpaired) electrons. The van der Waals surface area contributed by atoms with E-state index in [2.05, 4.69) is 65.5 Å². The van der Waals surface area contributed by atoms with E-state index in [1.165, 1.54) is 0 Å². The summed E-state index contributed by atoms with van der Waals surface area (Å²) < 4.78 is 26.7. The molecule has 0 bridgehead atoms. The molecule has 12 heterocycles. The van der Waals surface area contributed by atoms with Gasteiger partial charge >= 0.3 is 22.8 Å². The maximum Gasteiger partial charge on any atom is 0.337 e. The Labute approximate surface area is 688 Å². The summed E-state index contributed by atoms with van der Waals surface area (Å²) >= 11 is 17.4. The molecular weight excluding hydrogens is 1580 g/mol. The normalized spacial score (nSPS) is 15.7. The number of aromatic amines is 2. The number of nitro groups is 3. The number of rotatable bonds is 14. The number of allylic oxidation sites excluding steroid dienone is 4. The molecule has 36 heteroatoms. The highest BCUT2D eigenvalue weighted by Crippen LogP contribution is 2.40. The van der Waals surface area contributed by atoms with Gasteiger partial charge in [0.15, 0.2) is 17.0 Å².